The first-order valence-corrected chi connectivity index (χ1v) is 7.60. The minimum Gasteiger partial charge on any atom is -0.321 e. The van der Waals surface area contributed by atoms with Crippen LogP contribution in [0, 0.1) is 18.6 Å². The van der Waals surface area contributed by atoms with Crippen molar-refractivity contribution in [2.75, 3.05) is 5.32 Å². The van der Waals surface area contributed by atoms with Gasteiger partial charge in [-0.3, -0.25) is 4.79 Å². The molecule has 0 saturated heterocycles. The summed E-state index contributed by atoms with van der Waals surface area (Å²) in [7, 11) is 0. The summed E-state index contributed by atoms with van der Waals surface area (Å²) in [6, 6.07) is 8.30. The van der Waals surface area contributed by atoms with E-state index in [-0.39, 0.29) is 9.90 Å². The fourth-order valence-electron chi connectivity index (χ4n) is 2.09. The molecule has 112 valence electrons. The number of anilines is 1. The van der Waals surface area contributed by atoms with Crippen LogP contribution < -0.4 is 5.32 Å². The lowest BCUT2D eigenvalue weighted by Crippen LogP contribution is -2.11. The van der Waals surface area contributed by atoms with E-state index < -0.39 is 17.5 Å². The maximum atomic E-state index is 13.3. The highest BCUT2D eigenvalue weighted by molar-refractivity contribution is 7.21. The van der Waals surface area contributed by atoms with Gasteiger partial charge in [0.15, 0.2) is 0 Å². The van der Waals surface area contributed by atoms with Crippen molar-refractivity contribution in [3.8, 4) is 0 Å². The summed E-state index contributed by atoms with van der Waals surface area (Å²) in [5.74, 6) is -1.27. The molecule has 3 rings (SSSR count). The standard InChI is InChI=1S/C16H10ClF2NOS/c1-8-2-3-9(18)6-12(8)20-16(21)15-14(17)11-5-4-10(19)7-13(11)22-15/h2-7H,1H3,(H,20,21). The predicted molar refractivity (Wildman–Crippen MR) is 85.9 cm³/mol. The second kappa shape index (κ2) is 5.66. The minimum absolute atomic E-state index is 0.269. The van der Waals surface area contributed by atoms with E-state index in [4.69, 9.17) is 11.6 Å². The third-order valence-electron chi connectivity index (χ3n) is 3.25. The molecule has 1 heterocycles. The number of nitrogens with one attached hydrogen (secondary N) is 1. The van der Waals surface area contributed by atoms with Crippen molar-refractivity contribution >= 4 is 44.6 Å². The van der Waals surface area contributed by atoms with E-state index in [0.717, 1.165) is 16.9 Å². The lowest BCUT2D eigenvalue weighted by molar-refractivity contribution is 0.103. The fourth-order valence-corrected chi connectivity index (χ4v) is 3.53. The third kappa shape index (κ3) is 2.69. The molecule has 1 amide bonds. The molecular weight excluding hydrogens is 328 g/mol. The zero-order valence-electron chi connectivity index (χ0n) is 11.4. The molecule has 2 nitrogen and oxygen atoms in total. The third-order valence-corrected chi connectivity index (χ3v) is 4.90. The SMILES string of the molecule is Cc1ccc(F)cc1NC(=O)c1sc2cc(F)ccc2c1Cl. The number of fused-ring (bicyclic) bond motifs is 1. The predicted octanol–water partition coefficient (Wildman–Crippen LogP) is 5.39. The summed E-state index contributed by atoms with van der Waals surface area (Å²) in [4.78, 5) is 12.6. The van der Waals surface area contributed by atoms with Crippen LogP contribution in [-0.2, 0) is 0 Å². The first kappa shape index (κ1) is 14.9. The Balaban J connectivity index is 1.98. The molecule has 0 aliphatic heterocycles. The Kier molecular flexibility index (Phi) is 3.85. The van der Waals surface area contributed by atoms with E-state index in [2.05, 4.69) is 5.32 Å². The highest BCUT2D eigenvalue weighted by Crippen LogP contribution is 2.36. The molecule has 22 heavy (non-hydrogen) atoms. The van der Waals surface area contributed by atoms with Gasteiger partial charge in [-0.05, 0) is 42.8 Å². The second-order valence-electron chi connectivity index (χ2n) is 4.80. The number of rotatable bonds is 2. The lowest BCUT2D eigenvalue weighted by atomic mass is 10.2. The van der Waals surface area contributed by atoms with E-state index in [1.165, 1.54) is 30.3 Å². The molecule has 0 radical (unpaired) electrons. The van der Waals surface area contributed by atoms with Crippen molar-refractivity contribution < 1.29 is 13.6 Å². The van der Waals surface area contributed by atoms with Crippen molar-refractivity contribution in [3.05, 3.63) is 63.5 Å². The molecule has 0 aliphatic rings. The van der Waals surface area contributed by atoms with Crippen molar-refractivity contribution in [2.45, 2.75) is 6.92 Å². The molecule has 0 fully saturated rings. The summed E-state index contributed by atoms with van der Waals surface area (Å²) < 4.78 is 27.1. The summed E-state index contributed by atoms with van der Waals surface area (Å²) >= 11 is 7.29. The van der Waals surface area contributed by atoms with Gasteiger partial charge in [-0.25, -0.2) is 8.78 Å². The Morgan fingerprint density at radius 3 is 2.59 bits per heavy atom. The van der Waals surface area contributed by atoms with Crippen LogP contribution in [0.4, 0.5) is 14.5 Å². The Hall–Kier alpha value is -1.98. The molecule has 3 aromatic rings. The molecule has 0 saturated carbocycles. The van der Waals surface area contributed by atoms with E-state index in [1.807, 2.05) is 0 Å². The Bertz CT molecular complexity index is 891. The minimum atomic E-state index is -0.444. The first-order valence-electron chi connectivity index (χ1n) is 6.41. The van der Waals surface area contributed by atoms with Crippen LogP contribution >= 0.6 is 22.9 Å². The topological polar surface area (TPSA) is 29.1 Å². The van der Waals surface area contributed by atoms with Crippen LogP contribution in [0.2, 0.25) is 5.02 Å². The zero-order chi connectivity index (χ0) is 15.9. The number of thiophene rings is 1. The highest BCUT2D eigenvalue weighted by atomic mass is 35.5. The van der Waals surface area contributed by atoms with Crippen LogP contribution in [0.15, 0.2) is 36.4 Å². The van der Waals surface area contributed by atoms with Crippen LogP contribution in [-0.4, -0.2) is 5.91 Å². The molecule has 6 heteroatoms. The van der Waals surface area contributed by atoms with Gasteiger partial charge >= 0.3 is 0 Å². The summed E-state index contributed by atoms with van der Waals surface area (Å²) in [6.07, 6.45) is 0. The normalized spacial score (nSPS) is 10.9. The largest absolute Gasteiger partial charge is 0.321 e. The summed E-state index contributed by atoms with van der Waals surface area (Å²) in [6.45, 7) is 1.76. The van der Waals surface area contributed by atoms with Crippen molar-refractivity contribution in [1.29, 1.82) is 0 Å². The quantitative estimate of drug-likeness (QED) is 0.667. The Labute approximate surface area is 134 Å². The zero-order valence-corrected chi connectivity index (χ0v) is 13.0. The average Bonchev–Trinajstić information content (AvgIpc) is 2.79. The molecular formula is C16H10ClF2NOS. The number of halogens is 3. The number of benzene rings is 2. The Morgan fingerprint density at radius 2 is 1.82 bits per heavy atom. The lowest BCUT2D eigenvalue weighted by Gasteiger charge is -2.07. The van der Waals surface area contributed by atoms with Crippen LogP contribution in [0.5, 0.6) is 0 Å². The van der Waals surface area contributed by atoms with Crippen LogP contribution in [0.3, 0.4) is 0 Å². The van der Waals surface area contributed by atoms with Crippen molar-refractivity contribution in [2.24, 2.45) is 0 Å². The highest BCUT2D eigenvalue weighted by Gasteiger charge is 2.18. The van der Waals surface area contributed by atoms with Gasteiger partial charge in [-0.2, -0.15) is 0 Å². The number of hydrogen-bond acceptors (Lipinski definition) is 2. The molecule has 0 bridgehead atoms. The molecule has 2 aromatic carbocycles. The molecule has 1 aromatic heterocycles. The van der Waals surface area contributed by atoms with Crippen molar-refractivity contribution in [1.82, 2.24) is 0 Å². The molecule has 0 unspecified atom stereocenters. The van der Waals surface area contributed by atoms with Gasteiger partial charge in [0.2, 0.25) is 0 Å². The Morgan fingerprint density at radius 1 is 1.14 bits per heavy atom. The smallest absolute Gasteiger partial charge is 0.267 e. The number of carbonyl (C=O) groups is 1. The van der Waals surface area contributed by atoms with E-state index in [1.54, 1.807) is 13.0 Å². The van der Waals surface area contributed by atoms with Gasteiger partial charge in [-0.15, -0.1) is 11.3 Å². The second-order valence-corrected chi connectivity index (χ2v) is 6.23. The number of aryl methyl sites for hydroxylation is 1. The van der Waals surface area contributed by atoms with Gasteiger partial charge in [0.05, 0.1) is 5.02 Å². The maximum Gasteiger partial charge on any atom is 0.267 e. The maximum absolute atomic E-state index is 13.3. The molecule has 0 spiro atoms. The van der Waals surface area contributed by atoms with Crippen LogP contribution in [0.1, 0.15) is 15.2 Å². The summed E-state index contributed by atoms with van der Waals surface area (Å²) in [5, 5.41) is 3.53. The molecule has 1 N–H and O–H groups in total. The molecule has 0 atom stereocenters. The van der Waals surface area contributed by atoms with Gasteiger partial charge in [0.25, 0.3) is 5.91 Å². The van der Waals surface area contributed by atoms with E-state index in [0.29, 0.717) is 15.8 Å². The van der Waals surface area contributed by atoms with Gasteiger partial charge in [-0.1, -0.05) is 17.7 Å². The average molecular weight is 338 g/mol. The van der Waals surface area contributed by atoms with Gasteiger partial charge < -0.3 is 5.32 Å². The van der Waals surface area contributed by atoms with Crippen molar-refractivity contribution in [3.63, 3.8) is 0 Å². The van der Waals surface area contributed by atoms with Gasteiger partial charge in [0.1, 0.15) is 16.5 Å². The summed E-state index contributed by atoms with van der Waals surface area (Å²) in [5.41, 5.74) is 1.11. The van der Waals surface area contributed by atoms with E-state index >= 15 is 0 Å². The van der Waals surface area contributed by atoms with Gasteiger partial charge in [0, 0.05) is 15.8 Å². The fraction of sp³-hybridized carbons (Fsp3) is 0.0625. The molecule has 0 aliphatic carbocycles. The first-order chi connectivity index (χ1) is 10.5. The number of amides is 1. The van der Waals surface area contributed by atoms with E-state index in [9.17, 15) is 13.6 Å². The number of hydrogen-bond donors (Lipinski definition) is 1. The van der Waals surface area contributed by atoms with Crippen LogP contribution in [0.25, 0.3) is 10.1 Å². The monoisotopic (exact) mass is 337 g/mol. The number of carbonyl (C=O) groups excluding carboxylic acids is 1.